The van der Waals surface area contributed by atoms with Crippen molar-refractivity contribution >= 4 is 17.5 Å². The Hall–Kier alpha value is -3.00. The average Bonchev–Trinajstić information content (AvgIpc) is 2.87. The van der Waals surface area contributed by atoms with Crippen molar-refractivity contribution in [2.24, 2.45) is 11.7 Å². The lowest BCUT2D eigenvalue weighted by Gasteiger charge is -2.32. The van der Waals surface area contributed by atoms with E-state index < -0.39 is 18.1 Å². The molecule has 1 aliphatic rings. The second-order valence-electron chi connectivity index (χ2n) is 9.53. The molecule has 1 fully saturated rings. The maximum Gasteiger partial charge on any atom is 0.253 e. The summed E-state index contributed by atoms with van der Waals surface area (Å²) in [6.07, 6.45) is 0.0346. The van der Waals surface area contributed by atoms with E-state index in [2.05, 4.69) is 24.0 Å². The number of nitrogens with zero attached hydrogens (tertiary/aromatic N) is 1. The summed E-state index contributed by atoms with van der Waals surface area (Å²) >= 11 is 0. The highest BCUT2D eigenvalue weighted by molar-refractivity contribution is 5.97. The first kappa shape index (κ1) is 26.6. The molecule has 3 unspecified atom stereocenters. The zero-order chi connectivity index (χ0) is 25.5. The number of hydrogen-bond acceptors (Lipinski definition) is 5. The number of nitrogens with one attached hydrogen (secondary N) is 1. The summed E-state index contributed by atoms with van der Waals surface area (Å²) in [4.78, 5) is 27.6. The highest BCUT2D eigenvalue weighted by Gasteiger charge is 2.25. The first-order valence-electron chi connectivity index (χ1n) is 12.2. The predicted octanol–water partition coefficient (Wildman–Crippen LogP) is 3.43. The minimum Gasteiger partial charge on any atom is -0.390 e. The minimum atomic E-state index is -1.07. The summed E-state index contributed by atoms with van der Waals surface area (Å²) in [7, 11) is 0. The minimum absolute atomic E-state index is 0.0447. The van der Waals surface area contributed by atoms with Gasteiger partial charge < -0.3 is 26.2 Å². The Bertz CT molecular complexity index is 1040. The molecule has 2 aromatic rings. The standard InChI is InChI=1S/C28H37N3O4/c1-18(26(33)20(3)32)14-19(2)27(34)30-25-9-5-8-24(16-25)28(35)31-12-10-22(11-13-31)23-7-4-6-21(15-23)17-29/h4-9,15-16,19-20,22,26,32-33H,1,10-14,17,29H2,2-3H3,(H,30,34). The summed E-state index contributed by atoms with van der Waals surface area (Å²) in [5.41, 5.74) is 9.66. The number of anilines is 1. The fourth-order valence-electron chi connectivity index (χ4n) is 4.52. The molecule has 188 valence electrons. The van der Waals surface area contributed by atoms with Crippen LogP contribution in [0.3, 0.4) is 0 Å². The van der Waals surface area contributed by atoms with Crippen LogP contribution in [0.2, 0.25) is 0 Å². The molecule has 7 nitrogen and oxygen atoms in total. The zero-order valence-electron chi connectivity index (χ0n) is 20.6. The van der Waals surface area contributed by atoms with Crippen LogP contribution in [0.4, 0.5) is 5.69 Å². The number of benzene rings is 2. The number of piperidine rings is 1. The summed E-state index contributed by atoms with van der Waals surface area (Å²) in [5.74, 6) is -0.322. The molecule has 7 heteroatoms. The summed E-state index contributed by atoms with van der Waals surface area (Å²) in [5, 5.41) is 22.3. The lowest BCUT2D eigenvalue weighted by Crippen LogP contribution is -2.38. The molecule has 2 aromatic carbocycles. The molecule has 0 radical (unpaired) electrons. The number of aliphatic hydroxyl groups excluding tert-OH is 2. The molecule has 3 atom stereocenters. The van der Waals surface area contributed by atoms with Gasteiger partial charge in [-0.25, -0.2) is 0 Å². The van der Waals surface area contributed by atoms with E-state index in [1.54, 1.807) is 31.2 Å². The monoisotopic (exact) mass is 479 g/mol. The molecule has 1 aliphatic heterocycles. The zero-order valence-corrected chi connectivity index (χ0v) is 20.6. The van der Waals surface area contributed by atoms with E-state index in [4.69, 9.17) is 5.73 Å². The molecule has 0 saturated carbocycles. The van der Waals surface area contributed by atoms with E-state index in [-0.39, 0.29) is 18.2 Å². The Labute approximate surface area is 207 Å². The van der Waals surface area contributed by atoms with Crippen LogP contribution in [0.5, 0.6) is 0 Å². The van der Waals surface area contributed by atoms with Gasteiger partial charge in [-0.05, 0) is 67.0 Å². The van der Waals surface area contributed by atoms with Crippen LogP contribution in [-0.4, -0.2) is 52.2 Å². The van der Waals surface area contributed by atoms with Gasteiger partial charge in [0, 0.05) is 36.8 Å². The highest BCUT2D eigenvalue weighted by Crippen LogP contribution is 2.29. The summed E-state index contributed by atoms with van der Waals surface area (Å²) in [6.45, 7) is 8.87. The number of carbonyl (C=O) groups excluding carboxylic acids is 2. The fraction of sp³-hybridized carbons (Fsp3) is 0.429. The third-order valence-electron chi connectivity index (χ3n) is 6.71. The van der Waals surface area contributed by atoms with Crippen LogP contribution in [0.25, 0.3) is 0 Å². The van der Waals surface area contributed by atoms with Gasteiger partial charge in [0.15, 0.2) is 0 Å². The van der Waals surface area contributed by atoms with Crippen molar-refractivity contribution < 1.29 is 19.8 Å². The first-order valence-corrected chi connectivity index (χ1v) is 12.2. The van der Waals surface area contributed by atoms with E-state index in [1.807, 2.05) is 17.0 Å². The Morgan fingerprint density at radius 2 is 1.80 bits per heavy atom. The number of amides is 2. The van der Waals surface area contributed by atoms with Crippen molar-refractivity contribution in [2.75, 3.05) is 18.4 Å². The quantitative estimate of drug-likeness (QED) is 0.411. The largest absolute Gasteiger partial charge is 0.390 e. The van der Waals surface area contributed by atoms with Crippen molar-refractivity contribution in [2.45, 2.75) is 57.8 Å². The third-order valence-corrected chi connectivity index (χ3v) is 6.71. The van der Waals surface area contributed by atoms with Gasteiger partial charge in [-0.3, -0.25) is 9.59 Å². The van der Waals surface area contributed by atoms with Crippen molar-refractivity contribution in [3.8, 4) is 0 Å². The fourth-order valence-corrected chi connectivity index (χ4v) is 4.52. The van der Waals surface area contributed by atoms with Crippen molar-refractivity contribution in [1.29, 1.82) is 0 Å². The maximum absolute atomic E-state index is 13.1. The van der Waals surface area contributed by atoms with Gasteiger partial charge >= 0.3 is 0 Å². The molecule has 0 bridgehead atoms. The maximum atomic E-state index is 13.1. The molecule has 0 spiro atoms. The third kappa shape index (κ3) is 7.01. The van der Waals surface area contributed by atoms with Gasteiger partial charge in [0.05, 0.1) is 6.10 Å². The molecular weight excluding hydrogens is 442 g/mol. The molecule has 35 heavy (non-hydrogen) atoms. The van der Waals surface area contributed by atoms with Gasteiger partial charge in [0.2, 0.25) is 5.91 Å². The SMILES string of the molecule is C=C(CC(C)C(=O)Nc1cccc(C(=O)N2CCC(c3cccc(CN)c3)CC2)c1)C(O)C(C)O. The lowest BCUT2D eigenvalue weighted by atomic mass is 9.88. The topological polar surface area (TPSA) is 116 Å². The van der Waals surface area contributed by atoms with Gasteiger partial charge in [-0.15, -0.1) is 0 Å². The molecule has 1 heterocycles. The molecular formula is C28H37N3O4. The van der Waals surface area contributed by atoms with E-state index >= 15 is 0 Å². The van der Waals surface area contributed by atoms with E-state index in [0.29, 0.717) is 42.4 Å². The van der Waals surface area contributed by atoms with Gasteiger partial charge in [-0.2, -0.15) is 0 Å². The Morgan fingerprint density at radius 3 is 2.46 bits per heavy atom. The van der Waals surface area contributed by atoms with Crippen LogP contribution < -0.4 is 11.1 Å². The van der Waals surface area contributed by atoms with Crippen LogP contribution in [0.15, 0.2) is 60.7 Å². The smallest absolute Gasteiger partial charge is 0.253 e. The van der Waals surface area contributed by atoms with Crippen LogP contribution in [0.1, 0.15) is 60.5 Å². The Balaban J connectivity index is 1.57. The second kappa shape index (κ2) is 12.1. The molecule has 1 saturated heterocycles. The summed E-state index contributed by atoms with van der Waals surface area (Å²) < 4.78 is 0. The lowest BCUT2D eigenvalue weighted by molar-refractivity contribution is -0.119. The Kier molecular flexibility index (Phi) is 9.20. The number of aliphatic hydroxyl groups is 2. The number of likely N-dealkylation sites (tertiary alicyclic amines) is 1. The molecule has 2 amide bonds. The highest BCUT2D eigenvalue weighted by atomic mass is 16.3. The normalized spacial score (nSPS) is 16.9. The Morgan fingerprint density at radius 1 is 1.11 bits per heavy atom. The number of rotatable bonds is 9. The molecule has 0 aromatic heterocycles. The van der Waals surface area contributed by atoms with Crippen molar-refractivity contribution in [3.05, 3.63) is 77.4 Å². The predicted molar refractivity (Wildman–Crippen MR) is 138 cm³/mol. The molecule has 5 N–H and O–H groups in total. The number of hydrogen-bond donors (Lipinski definition) is 4. The van der Waals surface area contributed by atoms with E-state index in [0.717, 1.165) is 18.4 Å². The number of carbonyl (C=O) groups is 2. The van der Waals surface area contributed by atoms with Gasteiger partial charge in [0.25, 0.3) is 5.91 Å². The average molecular weight is 480 g/mol. The number of nitrogens with two attached hydrogens (primary N) is 1. The second-order valence-corrected chi connectivity index (χ2v) is 9.53. The van der Waals surface area contributed by atoms with Crippen LogP contribution in [-0.2, 0) is 11.3 Å². The van der Waals surface area contributed by atoms with Gasteiger partial charge in [0.1, 0.15) is 6.10 Å². The van der Waals surface area contributed by atoms with Crippen molar-refractivity contribution in [3.63, 3.8) is 0 Å². The van der Waals surface area contributed by atoms with E-state index in [1.165, 1.54) is 12.5 Å². The summed E-state index contributed by atoms with van der Waals surface area (Å²) in [6, 6.07) is 15.3. The van der Waals surface area contributed by atoms with Gasteiger partial charge in [-0.1, -0.05) is 43.8 Å². The van der Waals surface area contributed by atoms with Crippen LogP contribution in [0, 0.1) is 5.92 Å². The first-order chi connectivity index (χ1) is 16.7. The van der Waals surface area contributed by atoms with E-state index in [9.17, 15) is 19.8 Å². The van der Waals surface area contributed by atoms with Crippen molar-refractivity contribution in [1.82, 2.24) is 4.90 Å². The molecule has 0 aliphatic carbocycles. The molecule has 3 rings (SSSR count). The van der Waals surface area contributed by atoms with Crippen LogP contribution >= 0.6 is 0 Å².